The third-order valence-electron chi connectivity index (χ3n) is 3.21. The molecule has 0 aliphatic carbocycles. The molecule has 0 bridgehead atoms. The molecule has 0 aliphatic rings. The van der Waals surface area contributed by atoms with E-state index in [1.54, 1.807) is 0 Å². The lowest BCUT2D eigenvalue weighted by Gasteiger charge is -2.27. The maximum absolute atomic E-state index is 12.3. The Bertz CT molecular complexity index is 769. The van der Waals surface area contributed by atoms with Gasteiger partial charge in [-0.15, -0.1) is 0 Å². The van der Waals surface area contributed by atoms with Crippen molar-refractivity contribution >= 4 is 15.9 Å². The highest BCUT2D eigenvalue weighted by atomic mass is 32.2. The van der Waals surface area contributed by atoms with Crippen LogP contribution in [0, 0.1) is 0 Å². The fourth-order valence-corrected chi connectivity index (χ4v) is 2.42. The Morgan fingerprint density at radius 1 is 1.14 bits per heavy atom. The number of hydrogen-bond donors (Lipinski definition) is 2. The number of nitrogens with two attached hydrogens (primary N) is 1. The summed E-state index contributed by atoms with van der Waals surface area (Å²) in [5, 5.41) is 7.59. The lowest BCUT2D eigenvalue weighted by Crippen LogP contribution is -2.41. The van der Waals surface area contributed by atoms with Gasteiger partial charge in [0, 0.05) is 6.20 Å². The van der Waals surface area contributed by atoms with Gasteiger partial charge in [0.05, 0.1) is 11.1 Å². The van der Waals surface area contributed by atoms with E-state index >= 15 is 0 Å². The van der Waals surface area contributed by atoms with Crippen molar-refractivity contribution in [2.24, 2.45) is 5.14 Å². The van der Waals surface area contributed by atoms with E-state index in [-0.39, 0.29) is 16.5 Å². The summed E-state index contributed by atoms with van der Waals surface area (Å²) in [5.74, 6) is -0.345. The van der Waals surface area contributed by atoms with Crippen LogP contribution in [-0.4, -0.2) is 19.3 Å². The third kappa shape index (κ3) is 3.69. The van der Waals surface area contributed by atoms with E-state index in [1.165, 1.54) is 18.3 Å². The van der Waals surface area contributed by atoms with E-state index in [4.69, 9.17) is 5.14 Å². The largest absolute Gasteiger partial charge is 0.343 e. The number of benzene rings is 1. The first-order valence-corrected chi connectivity index (χ1v) is 8.12. The normalized spacial score (nSPS) is 12.0. The Labute approximate surface area is 129 Å². The summed E-state index contributed by atoms with van der Waals surface area (Å²) in [6, 6.07) is 12.1. The fourth-order valence-electron chi connectivity index (χ4n) is 1.97. The number of rotatable bonds is 4. The molecule has 0 saturated carbocycles. The van der Waals surface area contributed by atoms with Gasteiger partial charge < -0.3 is 5.32 Å². The minimum absolute atomic E-state index is 0.261. The monoisotopic (exact) mass is 319 g/mol. The van der Waals surface area contributed by atoms with Crippen molar-refractivity contribution < 1.29 is 13.2 Å². The number of primary sulfonamides is 1. The second kappa shape index (κ2) is 5.86. The minimum Gasteiger partial charge on any atom is -0.343 e. The molecule has 6 nitrogen and oxygen atoms in total. The highest BCUT2D eigenvalue weighted by molar-refractivity contribution is 7.89. The molecule has 1 aromatic heterocycles. The maximum atomic E-state index is 12.3. The molecule has 1 amide bonds. The minimum atomic E-state index is -3.87. The summed E-state index contributed by atoms with van der Waals surface area (Å²) < 4.78 is 22.3. The number of sulfonamides is 1. The van der Waals surface area contributed by atoms with E-state index in [9.17, 15) is 13.2 Å². The number of pyridine rings is 1. The molecule has 3 N–H and O–H groups in total. The molecule has 1 aromatic carbocycles. The Morgan fingerprint density at radius 3 is 2.27 bits per heavy atom. The van der Waals surface area contributed by atoms with Gasteiger partial charge in [-0.1, -0.05) is 30.3 Å². The van der Waals surface area contributed by atoms with Crippen molar-refractivity contribution in [2.75, 3.05) is 0 Å². The van der Waals surface area contributed by atoms with Crippen LogP contribution >= 0.6 is 0 Å². The summed E-state index contributed by atoms with van der Waals surface area (Å²) in [6.07, 6.45) is 1.19. The number of carbonyl (C=O) groups excluding carboxylic acids is 1. The first-order valence-electron chi connectivity index (χ1n) is 6.57. The zero-order valence-electron chi connectivity index (χ0n) is 12.3. The quantitative estimate of drug-likeness (QED) is 0.889. The number of nitrogens with one attached hydrogen (secondary N) is 1. The number of amides is 1. The molecule has 2 rings (SSSR count). The van der Waals surface area contributed by atoms with Crippen LogP contribution in [0.1, 0.15) is 29.8 Å². The van der Waals surface area contributed by atoms with Crippen LogP contribution < -0.4 is 10.5 Å². The van der Waals surface area contributed by atoms with Gasteiger partial charge in [0.1, 0.15) is 0 Å². The first kappa shape index (κ1) is 16.1. The predicted molar refractivity (Wildman–Crippen MR) is 82.5 cm³/mol. The van der Waals surface area contributed by atoms with Crippen LogP contribution in [-0.2, 0) is 15.6 Å². The SMILES string of the molecule is CC(C)(NC(=O)c1ccc(S(N)(=O)=O)nc1)c1ccccc1. The standard InChI is InChI=1S/C15H17N3O3S/c1-15(2,12-6-4-3-5-7-12)18-14(19)11-8-9-13(17-10-11)22(16,20)21/h3-10H,1-2H3,(H,18,19)(H2,16,20,21). The Balaban J connectivity index is 2.19. The van der Waals surface area contributed by atoms with Gasteiger partial charge in [0.2, 0.25) is 0 Å². The Kier molecular flexibility index (Phi) is 4.30. The Morgan fingerprint density at radius 2 is 1.77 bits per heavy atom. The van der Waals surface area contributed by atoms with Crippen LogP contribution in [0.5, 0.6) is 0 Å². The zero-order valence-corrected chi connectivity index (χ0v) is 13.1. The van der Waals surface area contributed by atoms with E-state index in [1.807, 2.05) is 44.2 Å². The Hall–Kier alpha value is -2.25. The summed E-state index contributed by atoms with van der Waals surface area (Å²) in [7, 11) is -3.87. The number of hydrogen-bond acceptors (Lipinski definition) is 4. The molecule has 116 valence electrons. The molecule has 0 saturated heterocycles. The van der Waals surface area contributed by atoms with Crippen LogP contribution in [0.25, 0.3) is 0 Å². The van der Waals surface area contributed by atoms with Crippen molar-refractivity contribution in [3.63, 3.8) is 0 Å². The van der Waals surface area contributed by atoms with Gasteiger partial charge >= 0.3 is 0 Å². The second-order valence-electron chi connectivity index (χ2n) is 5.38. The number of aromatic nitrogens is 1. The molecule has 7 heteroatoms. The maximum Gasteiger partial charge on any atom is 0.255 e. The van der Waals surface area contributed by atoms with Crippen molar-refractivity contribution in [2.45, 2.75) is 24.4 Å². The molecule has 0 radical (unpaired) electrons. The van der Waals surface area contributed by atoms with Crippen molar-refractivity contribution in [3.8, 4) is 0 Å². The topological polar surface area (TPSA) is 102 Å². The number of nitrogens with zero attached hydrogens (tertiary/aromatic N) is 1. The molecule has 0 fully saturated rings. The van der Waals surface area contributed by atoms with Crippen LogP contribution in [0.2, 0.25) is 0 Å². The molecule has 0 atom stereocenters. The van der Waals surface area contributed by atoms with Crippen LogP contribution in [0.3, 0.4) is 0 Å². The molecule has 2 aromatic rings. The average molecular weight is 319 g/mol. The van der Waals surface area contributed by atoms with Gasteiger partial charge in [-0.2, -0.15) is 0 Å². The van der Waals surface area contributed by atoms with Crippen LogP contribution in [0.15, 0.2) is 53.7 Å². The van der Waals surface area contributed by atoms with Crippen molar-refractivity contribution in [1.82, 2.24) is 10.3 Å². The van der Waals surface area contributed by atoms with Crippen molar-refractivity contribution in [1.29, 1.82) is 0 Å². The van der Waals surface area contributed by atoms with E-state index < -0.39 is 15.6 Å². The molecule has 1 heterocycles. The molecular formula is C15H17N3O3S. The van der Waals surface area contributed by atoms with Crippen molar-refractivity contribution in [3.05, 3.63) is 59.8 Å². The highest BCUT2D eigenvalue weighted by Crippen LogP contribution is 2.20. The molecule has 0 unspecified atom stereocenters. The van der Waals surface area contributed by atoms with E-state index in [0.717, 1.165) is 5.56 Å². The molecule has 0 aliphatic heterocycles. The number of carbonyl (C=O) groups is 1. The molecule has 0 spiro atoms. The third-order valence-corrected chi connectivity index (χ3v) is 4.04. The highest BCUT2D eigenvalue weighted by Gasteiger charge is 2.23. The van der Waals surface area contributed by atoms with Gasteiger partial charge in [0.25, 0.3) is 15.9 Å². The molecular weight excluding hydrogens is 302 g/mol. The van der Waals surface area contributed by atoms with Crippen LogP contribution in [0.4, 0.5) is 0 Å². The van der Waals surface area contributed by atoms with Gasteiger partial charge in [-0.3, -0.25) is 4.79 Å². The van der Waals surface area contributed by atoms with E-state index in [2.05, 4.69) is 10.3 Å². The van der Waals surface area contributed by atoms with Gasteiger partial charge in [-0.25, -0.2) is 18.5 Å². The predicted octanol–water partition coefficient (Wildman–Crippen LogP) is 1.39. The molecule has 22 heavy (non-hydrogen) atoms. The summed E-state index contributed by atoms with van der Waals surface area (Å²) in [4.78, 5) is 16.0. The van der Waals surface area contributed by atoms with Gasteiger partial charge in [0.15, 0.2) is 5.03 Å². The van der Waals surface area contributed by atoms with Gasteiger partial charge in [-0.05, 0) is 31.5 Å². The lowest BCUT2D eigenvalue weighted by atomic mass is 9.94. The summed E-state index contributed by atoms with van der Waals surface area (Å²) in [6.45, 7) is 3.76. The second-order valence-corrected chi connectivity index (χ2v) is 6.88. The first-order chi connectivity index (χ1) is 10.2. The lowest BCUT2D eigenvalue weighted by molar-refractivity contribution is 0.0911. The average Bonchev–Trinajstić information content (AvgIpc) is 2.47. The van der Waals surface area contributed by atoms with E-state index in [0.29, 0.717) is 0 Å². The smallest absolute Gasteiger partial charge is 0.255 e. The summed E-state index contributed by atoms with van der Waals surface area (Å²) in [5.41, 5.74) is 0.644. The fraction of sp³-hybridized carbons (Fsp3) is 0.200. The zero-order chi connectivity index (χ0) is 16.4. The summed E-state index contributed by atoms with van der Waals surface area (Å²) >= 11 is 0.